The van der Waals surface area contributed by atoms with Crippen LogP contribution in [0.5, 0.6) is 0 Å². The van der Waals surface area contributed by atoms with Gasteiger partial charge in [0.05, 0.1) is 12.0 Å². The molecule has 2 amide bonds. The Morgan fingerprint density at radius 1 is 1.56 bits per heavy atom. The minimum absolute atomic E-state index is 0.0542. The largest absolute Gasteiger partial charge is 0.480 e. The minimum atomic E-state index is -1.54. The van der Waals surface area contributed by atoms with Crippen molar-refractivity contribution in [1.82, 2.24) is 10.4 Å². The van der Waals surface area contributed by atoms with Gasteiger partial charge in [0.2, 0.25) is 5.91 Å². The summed E-state index contributed by atoms with van der Waals surface area (Å²) in [6.45, 7) is 1.36. The van der Waals surface area contributed by atoms with Crippen LogP contribution in [0, 0.1) is 5.92 Å². The molecule has 0 saturated carbocycles. The van der Waals surface area contributed by atoms with E-state index in [2.05, 4.69) is 5.32 Å². The summed E-state index contributed by atoms with van der Waals surface area (Å²) < 4.78 is 0. The van der Waals surface area contributed by atoms with Gasteiger partial charge in [-0.3, -0.25) is 14.8 Å². The number of nitrogens with zero attached hydrogens (tertiary/aromatic N) is 1. The van der Waals surface area contributed by atoms with E-state index in [0.717, 1.165) is 0 Å². The lowest BCUT2D eigenvalue weighted by Crippen LogP contribution is -2.52. The molecule has 0 bridgehead atoms. The van der Waals surface area contributed by atoms with Crippen LogP contribution in [-0.4, -0.2) is 56.6 Å². The van der Waals surface area contributed by atoms with Gasteiger partial charge < -0.3 is 21.3 Å². The van der Waals surface area contributed by atoms with Crippen molar-refractivity contribution < 1.29 is 29.8 Å². The first kappa shape index (κ1) is 14.4. The molecule has 1 fully saturated rings. The molecule has 0 aliphatic carbocycles. The van der Waals surface area contributed by atoms with Crippen LogP contribution < -0.4 is 11.1 Å². The van der Waals surface area contributed by atoms with Gasteiger partial charge in [-0.15, -0.1) is 0 Å². The lowest BCUT2D eigenvalue weighted by atomic mass is 9.97. The molecule has 1 aliphatic rings. The van der Waals surface area contributed by atoms with Crippen LogP contribution in [0.15, 0.2) is 0 Å². The number of amides is 2. The zero-order valence-corrected chi connectivity index (χ0v) is 9.61. The number of carboxylic acid groups (broad SMARTS) is 1. The van der Waals surface area contributed by atoms with Gasteiger partial charge in [-0.05, 0) is 6.92 Å². The minimum Gasteiger partial charge on any atom is -0.480 e. The standard InChI is InChI=1S/C9H15N3O6/c1-3(10)7(14)11-6(9(16)17)4-2-5(13)12(18)8(4)15/h3-6,13,18H,2,10H2,1H3,(H,11,14)(H,16,17). The molecule has 0 aromatic heterocycles. The molecule has 0 aromatic carbocycles. The van der Waals surface area contributed by atoms with Crippen molar-refractivity contribution >= 4 is 17.8 Å². The predicted octanol–water partition coefficient (Wildman–Crippen LogP) is -2.54. The number of aliphatic hydroxyl groups is 1. The van der Waals surface area contributed by atoms with E-state index >= 15 is 0 Å². The summed E-state index contributed by atoms with van der Waals surface area (Å²) >= 11 is 0. The van der Waals surface area contributed by atoms with Crippen molar-refractivity contribution in [1.29, 1.82) is 0 Å². The highest BCUT2D eigenvalue weighted by Gasteiger charge is 2.46. The van der Waals surface area contributed by atoms with Crippen LogP contribution in [0.3, 0.4) is 0 Å². The number of carbonyl (C=O) groups excluding carboxylic acids is 2. The summed E-state index contributed by atoms with van der Waals surface area (Å²) in [7, 11) is 0. The molecule has 1 heterocycles. The van der Waals surface area contributed by atoms with Crippen molar-refractivity contribution in [3.8, 4) is 0 Å². The van der Waals surface area contributed by atoms with Crippen molar-refractivity contribution in [3.05, 3.63) is 0 Å². The third-order valence-corrected chi connectivity index (χ3v) is 2.67. The van der Waals surface area contributed by atoms with Crippen LogP contribution >= 0.6 is 0 Å². The molecule has 102 valence electrons. The van der Waals surface area contributed by atoms with Crippen LogP contribution in [-0.2, 0) is 14.4 Å². The molecule has 1 aliphatic heterocycles. The fourth-order valence-electron chi connectivity index (χ4n) is 1.64. The summed E-state index contributed by atoms with van der Waals surface area (Å²) in [5, 5.41) is 29.5. The number of nitrogens with one attached hydrogen (secondary N) is 1. The SMILES string of the molecule is CC(N)C(=O)NC(C(=O)O)C1CC(O)N(O)C1=O. The van der Waals surface area contributed by atoms with Crippen molar-refractivity contribution in [2.75, 3.05) is 0 Å². The van der Waals surface area contributed by atoms with Crippen LogP contribution in [0.2, 0.25) is 0 Å². The molecule has 9 heteroatoms. The molecule has 0 aromatic rings. The molecule has 1 rings (SSSR count). The number of aliphatic carboxylic acids is 1. The van der Waals surface area contributed by atoms with Crippen molar-refractivity contribution in [2.45, 2.75) is 31.7 Å². The Hall–Kier alpha value is -1.71. The number of rotatable bonds is 4. The summed E-state index contributed by atoms with van der Waals surface area (Å²) in [5.74, 6) is -4.36. The van der Waals surface area contributed by atoms with Gasteiger partial charge in [-0.1, -0.05) is 0 Å². The van der Waals surface area contributed by atoms with Crippen LogP contribution in [0.1, 0.15) is 13.3 Å². The monoisotopic (exact) mass is 261 g/mol. The Labute approximate surface area is 102 Å². The smallest absolute Gasteiger partial charge is 0.327 e. The number of hydrogen-bond donors (Lipinski definition) is 5. The van der Waals surface area contributed by atoms with Gasteiger partial charge in [0, 0.05) is 6.42 Å². The highest BCUT2D eigenvalue weighted by atomic mass is 16.5. The molecule has 9 nitrogen and oxygen atoms in total. The van der Waals surface area contributed by atoms with E-state index in [4.69, 9.17) is 16.0 Å². The Bertz CT molecular complexity index is 371. The quantitative estimate of drug-likeness (QED) is 0.349. The summed E-state index contributed by atoms with van der Waals surface area (Å²) in [6.07, 6.45) is -1.76. The summed E-state index contributed by atoms with van der Waals surface area (Å²) in [4.78, 5) is 33.8. The van der Waals surface area contributed by atoms with E-state index < -0.39 is 42.0 Å². The maximum atomic E-state index is 11.5. The lowest BCUT2D eigenvalue weighted by molar-refractivity contribution is -0.191. The molecule has 6 N–H and O–H groups in total. The van der Waals surface area contributed by atoms with Gasteiger partial charge in [0.1, 0.15) is 6.04 Å². The average Bonchev–Trinajstić information content (AvgIpc) is 2.53. The van der Waals surface area contributed by atoms with E-state index in [1.807, 2.05) is 0 Å². The molecule has 0 spiro atoms. The lowest BCUT2D eigenvalue weighted by Gasteiger charge is -2.20. The third-order valence-electron chi connectivity index (χ3n) is 2.67. The van der Waals surface area contributed by atoms with Crippen LogP contribution in [0.25, 0.3) is 0 Å². The zero-order chi connectivity index (χ0) is 14.0. The van der Waals surface area contributed by atoms with E-state index in [0.29, 0.717) is 0 Å². The second kappa shape index (κ2) is 5.29. The highest BCUT2D eigenvalue weighted by molar-refractivity contribution is 5.92. The van der Waals surface area contributed by atoms with Gasteiger partial charge in [0.25, 0.3) is 5.91 Å². The molecule has 18 heavy (non-hydrogen) atoms. The van der Waals surface area contributed by atoms with Gasteiger partial charge in [-0.2, -0.15) is 5.06 Å². The van der Waals surface area contributed by atoms with Crippen molar-refractivity contribution in [2.24, 2.45) is 11.7 Å². The Balaban J connectivity index is 2.84. The molecule has 4 unspecified atom stereocenters. The van der Waals surface area contributed by atoms with E-state index in [-0.39, 0.29) is 11.5 Å². The number of hydrogen-bond acceptors (Lipinski definition) is 6. The second-order valence-corrected chi connectivity index (χ2v) is 4.12. The van der Waals surface area contributed by atoms with Crippen LogP contribution in [0.4, 0.5) is 0 Å². The average molecular weight is 261 g/mol. The van der Waals surface area contributed by atoms with Gasteiger partial charge >= 0.3 is 5.97 Å². The summed E-state index contributed by atoms with van der Waals surface area (Å²) in [5.41, 5.74) is 5.27. The van der Waals surface area contributed by atoms with E-state index in [1.165, 1.54) is 6.92 Å². The number of carbonyl (C=O) groups is 3. The molecular weight excluding hydrogens is 246 g/mol. The maximum absolute atomic E-state index is 11.5. The Kier molecular flexibility index (Phi) is 4.22. The summed E-state index contributed by atoms with van der Waals surface area (Å²) in [6, 6.07) is -2.47. The zero-order valence-electron chi connectivity index (χ0n) is 9.61. The van der Waals surface area contributed by atoms with E-state index in [1.54, 1.807) is 0 Å². The first-order valence-corrected chi connectivity index (χ1v) is 5.24. The number of aliphatic hydroxyl groups excluding tert-OH is 1. The molecule has 4 atom stereocenters. The molecule has 0 radical (unpaired) electrons. The molecular formula is C9H15N3O6. The topological polar surface area (TPSA) is 153 Å². The third kappa shape index (κ3) is 2.75. The Morgan fingerprint density at radius 3 is 2.44 bits per heavy atom. The van der Waals surface area contributed by atoms with Gasteiger partial charge in [0.15, 0.2) is 6.23 Å². The highest BCUT2D eigenvalue weighted by Crippen LogP contribution is 2.24. The number of nitrogens with two attached hydrogens (primary N) is 1. The Morgan fingerprint density at radius 2 is 2.11 bits per heavy atom. The number of hydroxylamine groups is 2. The van der Waals surface area contributed by atoms with E-state index in [9.17, 15) is 19.5 Å². The van der Waals surface area contributed by atoms with Gasteiger partial charge in [-0.25, -0.2) is 4.79 Å². The first-order valence-electron chi connectivity index (χ1n) is 5.24. The fraction of sp³-hybridized carbons (Fsp3) is 0.667. The normalized spacial score (nSPS) is 26.9. The predicted molar refractivity (Wildman–Crippen MR) is 56.0 cm³/mol. The number of carboxylic acids is 1. The first-order chi connectivity index (χ1) is 8.25. The van der Waals surface area contributed by atoms with Crippen molar-refractivity contribution in [3.63, 3.8) is 0 Å². The maximum Gasteiger partial charge on any atom is 0.327 e. The second-order valence-electron chi connectivity index (χ2n) is 4.12. The fourth-order valence-corrected chi connectivity index (χ4v) is 1.64. The molecule has 1 saturated heterocycles.